The molecule has 140 valence electrons. The molecule has 0 bridgehead atoms. The van der Waals surface area contributed by atoms with Crippen LogP contribution in [0.5, 0.6) is 0 Å². The molecule has 2 atom stereocenters. The summed E-state index contributed by atoms with van der Waals surface area (Å²) < 4.78 is 1.79. The summed E-state index contributed by atoms with van der Waals surface area (Å²) in [5, 5.41) is 7.97. The predicted octanol–water partition coefficient (Wildman–Crippen LogP) is 3.08. The number of rotatable bonds is 3. The summed E-state index contributed by atoms with van der Waals surface area (Å²) in [7, 11) is 0. The van der Waals surface area contributed by atoms with E-state index in [2.05, 4.69) is 39.7 Å². The summed E-state index contributed by atoms with van der Waals surface area (Å²) in [5.41, 5.74) is 2.27. The van der Waals surface area contributed by atoms with Crippen LogP contribution in [0.3, 0.4) is 0 Å². The van der Waals surface area contributed by atoms with Crippen LogP contribution in [0.15, 0.2) is 60.7 Å². The SMILES string of the molecule is O=C1CCC(=O)N1c1nc2n(n1)[C@@H](c1ccccc1)C[C@@H](c1ccccc1)N2. The van der Waals surface area contributed by atoms with E-state index in [1.54, 1.807) is 4.68 Å². The molecule has 28 heavy (non-hydrogen) atoms. The number of anilines is 2. The minimum Gasteiger partial charge on any atom is -0.347 e. The molecule has 2 aromatic carbocycles. The summed E-state index contributed by atoms with van der Waals surface area (Å²) in [6, 6.07) is 20.3. The Morgan fingerprint density at radius 3 is 2.11 bits per heavy atom. The normalized spacial score (nSPS) is 21.5. The van der Waals surface area contributed by atoms with Gasteiger partial charge in [0.1, 0.15) is 0 Å². The maximum atomic E-state index is 12.1. The van der Waals surface area contributed by atoms with Gasteiger partial charge in [-0.3, -0.25) is 9.59 Å². The van der Waals surface area contributed by atoms with Gasteiger partial charge in [0, 0.05) is 12.8 Å². The average Bonchev–Trinajstić information content (AvgIpc) is 3.30. The van der Waals surface area contributed by atoms with Crippen LogP contribution in [-0.4, -0.2) is 26.6 Å². The maximum Gasteiger partial charge on any atom is 0.260 e. The second-order valence-electron chi connectivity index (χ2n) is 7.07. The van der Waals surface area contributed by atoms with E-state index in [1.165, 1.54) is 0 Å². The molecule has 1 aromatic heterocycles. The number of amides is 2. The van der Waals surface area contributed by atoms with Crippen LogP contribution in [0.4, 0.5) is 11.9 Å². The van der Waals surface area contributed by atoms with Gasteiger partial charge in [-0.15, -0.1) is 5.10 Å². The fraction of sp³-hybridized carbons (Fsp3) is 0.238. The van der Waals surface area contributed by atoms with Crippen molar-refractivity contribution in [3.63, 3.8) is 0 Å². The molecule has 0 saturated carbocycles. The largest absolute Gasteiger partial charge is 0.347 e. The first-order valence-electron chi connectivity index (χ1n) is 9.39. The molecule has 1 fully saturated rings. The molecular formula is C21H19N5O2. The van der Waals surface area contributed by atoms with Crippen molar-refractivity contribution in [3.05, 3.63) is 71.8 Å². The van der Waals surface area contributed by atoms with Gasteiger partial charge in [0.15, 0.2) is 0 Å². The van der Waals surface area contributed by atoms with E-state index in [1.807, 2.05) is 36.4 Å². The molecule has 3 heterocycles. The summed E-state index contributed by atoms with van der Waals surface area (Å²) in [6.45, 7) is 0. The van der Waals surface area contributed by atoms with E-state index in [-0.39, 0.29) is 42.7 Å². The maximum absolute atomic E-state index is 12.1. The number of aromatic nitrogens is 3. The second kappa shape index (κ2) is 6.60. The number of carbonyl (C=O) groups is 2. The molecular weight excluding hydrogens is 354 g/mol. The molecule has 7 nitrogen and oxygen atoms in total. The summed E-state index contributed by atoms with van der Waals surface area (Å²) in [5.74, 6) is 0.230. The van der Waals surface area contributed by atoms with Gasteiger partial charge < -0.3 is 5.32 Å². The highest BCUT2D eigenvalue weighted by Gasteiger charge is 2.37. The topological polar surface area (TPSA) is 80.1 Å². The third kappa shape index (κ3) is 2.76. The number of fused-ring (bicyclic) bond motifs is 1. The van der Waals surface area contributed by atoms with Gasteiger partial charge in [0.25, 0.3) is 5.95 Å². The van der Waals surface area contributed by atoms with E-state index < -0.39 is 0 Å². The Labute approximate surface area is 162 Å². The van der Waals surface area contributed by atoms with Crippen molar-refractivity contribution in [3.8, 4) is 0 Å². The van der Waals surface area contributed by atoms with E-state index in [4.69, 9.17) is 0 Å². The molecule has 1 N–H and O–H groups in total. The number of nitrogens with zero attached hydrogens (tertiary/aromatic N) is 4. The second-order valence-corrected chi connectivity index (χ2v) is 7.07. The Kier molecular flexibility index (Phi) is 3.93. The molecule has 7 heteroatoms. The van der Waals surface area contributed by atoms with Crippen molar-refractivity contribution >= 4 is 23.7 Å². The standard InChI is InChI=1S/C21H19N5O2/c27-18-11-12-19(28)25(18)21-23-20-22-16(14-7-3-1-4-8-14)13-17(26(20)24-21)15-9-5-2-6-10-15/h1-10,16-17H,11-13H2,(H,22,23,24)/t16-,17+/m0/s1. The molecule has 5 rings (SSSR count). The zero-order valence-corrected chi connectivity index (χ0v) is 15.2. The number of hydrogen-bond acceptors (Lipinski definition) is 5. The van der Waals surface area contributed by atoms with E-state index in [0.29, 0.717) is 5.95 Å². The number of hydrogen-bond donors (Lipinski definition) is 1. The monoisotopic (exact) mass is 373 g/mol. The Morgan fingerprint density at radius 1 is 0.857 bits per heavy atom. The lowest BCUT2D eigenvalue weighted by Gasteiger charge is -2.31. The number of carbonyl (C=O) groups excluding carboxylic acids is 2. The first-order chi connectivity index (χ1) is 13.7. The van der Waals surface area contributed by atoms with Crippen molar-refractivity contribution in [2.45, 2.75) is 31.3 Å². The van der Waals surface area contributed by atoms with E-state index >= 15 is 0 Å². The minimum absolute atomic E-state index is 0.0447. The van der Waals surface area contributed by atoms with Crippen molar-refractivity contribution in [2.75, 3.05) is 10.2 Å². The Morgan fingerprint density at radius 2 is 1.46 bits per heavy atom. The smallest absolute Gasteiger partial charge is 0.260 e. The first-order valence-corrected chi connectivity index (χ1v) is 9.39. The number of nitrogens with one attached hydrogen (secondary N) is 1. The van der Waals surface area contributed by atoms with Crippen LogP contribution in [0.1, 0.15) is 42.5 Å². The molecule has 3 aromatic rings. The Balaban J connectivity index is 1.58. The first kappa shape index (κ1) is 16.7. The zero-order chi connectivity index (χ0) is 19.1. The van der Waals surface area contributed by atoms with Crippen molar-refractivity contribution in [2.24, 2.45) is 0 Å². The van der Waals surface area contributed by atoms with Crippen LogP contribution >= 0.6 is 0 Å². The van der Waals surface area contributed by atoms with Gasteiger partial charge in [0.2, 0.25) is 17.8 Å². The molecule has 2 aliphatic rings. The fourth-order valence-electron chi connectivity index (χ4n) is 3.92. The van der Waals surface area contributed by atoms with Gasteiger partial charge in [-0.1, -0.05) is 60.7 Å². The third-order valence-corrected chi connectivity index (χ3v) is 5.32. The molecule has 0 aliphatic carbocycles. The summed E-state index contributed by atoms with van der Waals surface area (Å²) >= 11 is 0. The lowest BCUT2D eigenvalue weighted by atomic mass is 9.93. The Bertz CT molecular complexity index is 1020. The minimum atomic E-state index is -0.246. The lowest BCUT2D eigenvalue weighted by Crippen LogP contribution is -2.30. The third-order valence-electron chi connectivity index (χ3n) is 5.32. The van der Waals surface area contributed by atoms with Crippen molar-refractivity contribution in [1.29, 1.82) is 0 Å². The van der Waals surface area contributed by atoms with Crippen LogP contribution in [-0.2, 0) is 9.59 Å². The van der Waals surface area contributed by atoms with E-state index in [0.717, 1.165) is 22.4 Å². The molecule has 0 radical (unpaired) electrons. The van der Waals surface area contributed by atoms with Crippen LogP contribution < -0.4 is 10.2 Å². The number of imide groups is 1. The molecule has 1 saturated heterocycles. The van der Waals surface area contributed by atoms with Gasteiger partial charge >= 0.3 is 0 Å². The van der Waals surface area contributed by atoms with Crippen LogP contribution in [0.25, 0.3) is 0 Å². The molecule has 0 unspecified atom stereocenters. The zero-order valence-electron chi connectivity index (χ0n) is 15.2. The molecule has 2 aliphatic heterocycles. The van der Waals surface area contributed by atoms with Gasteiger partial charge in [-0.2, -0.15) is 4.98 Å². The predicted molar refractivity (Wildman–Crippen MR) is 104 cm³/mol. The summed E-state index contributed by atoms with van der Waals surface area (Å²) in [4.78, 5) is 29.9. The Hall–Kier alpha value is -3.48. The fourth-order valence-corrected chi connectivity index (χ4v) is 3.92. The van der Waals surface area contributed by atoms with Crippen molar-refractivity contribution in [1.82, 2.24) is 14.8 Å². The highest BCUT2D eigenvalue weighted by Crippen LogP contribution is 2.38. The van der Waals surface area contributed by atoms with Gasteiger partial charge in [0.05, 0.1) is 12.1 Å². The van der Waals surface area contributed by atoms with Crippen LogP contribution in [0, 0.1) is 0 Å². The van der Waals surface area contributed by atoms with Gasteiger partial charge in [-0.05, 0) is 17.5 Å². The summed E-state index contributed by atoms with van der Waals surface area (Å²) in [6.07, 6.45) is 1.21. The average molecular weight is 373 g/mol. The highest BCUT2D eigenvalue weighted by molar-refractivity contribution is 6.18. The lowest BCUT2D eigenvalue weighted by molar-refractivity contribution is -0.121. The van der Waals surface area contributed by atoms with Gasteiger partial charge in [-0.25, -0.2) is 9.58 Å². The van der Waals surface area contributed by atoms with E-state index in [9.17, 15) is 9.59 Å². The highest BCUT2D eigenvalue weighted by atomic mass is 16.2. The van der Waals surface area contributed by atoms with Crippen molar-refractivity contribution < 1.29 is 9.59 Å². The quantitative estimate of drug-likeness (QED) is 0.714. The number of benzene rings is 2. The molecule has 0 spiro atoms. The molecule has 2 amide bonds. The van der Waals surface area contributed by atoms with Crippen LogP contribution in [0.2, 0.25) is 0 Å².